The van der Waals surface area contributed by atoms with Crippen molar-refractivity contribution in [2.45, 2.75) is 19.3 Å². The summed E-state index contributed by atoms with van der Waals surface area (Å²) in [4.78, 5) is 0. The van der Waals surface area contributed by atoms with Gasteiger partial charge >= 0.3 is 0 Å². The number of hydrogen-bond donors (Lipinski definition) is 0. The van der Waals surface area contributed by atoms with Crippen molar-refractivity contribution in [3.63, 3.8) is 0 Å². The van der Waals surface area contributed by atoms with Gasteiger partial charge in [-0.25, -0.2) is 0 Å². The van der Waals surface area contributed by atoms with Gasteiger partial charge in [-0.2, -0.15) is 0 Å². The standard InChI is InChI=1S/C49H34/c1-49(2)45-28-26-35(30-44(45)43-27-25-32-14-5-6-17-37(32)48(43)49)46-39-19-9-11-21-41(39)47(42-22-12-10-20-40(42)46)38-18-8-7-16-36(38)34-24-23-31-13-3-4-15-33(31)29-34/h3-30H,1-2H3. The van der Waals surface area contributed by atoms with Gasteiger partial charge in [-0.3, -0.25) is 0 Å². The Labute approximate surface area is 286 Å². The van der Waals surface area contributed by atoms with E-state index in [2.05, 4.69) is 184 Å². The molecule has 1 aliphatic rings. The molecule has 0 radical (unpaired) electrons. The zero-order valence-electron chi connectivity index (χ0n) is 27.7. The highest BCUT2D eigenvalue weighted by atomic mass is 14.4. The molecule has 0 nitrogen and oxygen atoms in total. The van der Waals surface area contributed by atoms with E-state index in [-0.39, 0.29) is 5.41 Å². The summed E-state index contributed by atoms with van der Waals surface area (Å²) >= 11 is 0. The Hall–Kier alpha value is -5.98. The van der Waals surface area contributed by atoms with Crippen molar-refractivity contribution in [2.75, 3.05) is 0 Å². The molecule has 0 aliphatic heterocycles. The first-order valence-corrected chi connectivity index (χ1v) is 17.3. The minimum absolute atomic E-state index is 0.0788. The van der Waals surface area contributed by atoms with Gasteiger partial charge in [-0.1, -0.05) is 172 Å². The lowest BCUT2D eigenvalue weighted by atomic mass is 9.79. The summed E-state index contributed by atoms with van der Waals surface area (Å²) in [6.45, 7) is 4.77. The molecule has 49 heavy (non-hydrogen) atoms. The second kappa shape index (κ2) is 10.5. The highest BCUT2D eigenvalue weighted by Gasteiger charge is 2.37. The van der Waals surface area contributed by atoms with Crippen LogP contribution in [0.4, 0.5) is 0 Å². The first-order chi connectivity index (χ1) is 24.1. The molecule has 0 fully saturated rings. The molecule has 9 aromatic carbocycles. The number of hydrogen-bond acceptors (Lipinski definition) is 0. The van der Waals surface area contributed by atoms with Gasteiger partial charge in [-0.05, 0) is 111 Å². The third kappa shape index (κ3) is 4.11. The molecule has 0 heterocycles. The van der Waals surface area contributed by atoms with E-state index in [1.807, 2.05) is 0 Å². The number of fused-ring (bicyclic) bond motifs is 8. The van der Waals surface area contributed by atoms with E-state index < -0.39 is 0 Å². The fourth-order valence-electron chi connectivity index (χ4n) is 8.81. The minimum atomic E-state index is -0.0788. The van der Waals surface area contributed by atoms with Crippen LogP contribution in [0.15, 0.2) is 170 Å². The SMILES string of the molecule is CC1(C)c2ccc(-c3c4ccccc4c(-c4ccccc4-c4ccc5ccccc5c4)c4ccccc34)cc2-c2ccc3ccccc3c21. The van der Waals surface area contributed by atoms with Crippen LogP contribution in [0.5, 0.6) is 0 Å². The van der Waals surface area contributed by atoms with Crippen molar-refractivity contribution in [3.05, 3.63) is 181 Å². The third-order valence-electron chi connectivity index (χ3n) is 11.0. The molecule has 10 rings (SSSR count). The van der Waals surface area contributed by atoms with E-state index in [0.717, 1.165) is 0 Å². The van der Waals surface area contributed by atoms with E-state index in [4.69, 9.17) is 0 Å². The maximum Gasteiger partial charge on any atom is 0.0165 e. The Morgan fingerprint density at radius 2 is 0.857 bits per heavy atom. The van der Waals surface area contributed by atoms with E-state index in [0.29, 0.717) is 0 Å². The fraction of sp³-hybridized carbons (Fsp3) is 0.0612. The molecule has 0 spiro atoms. The zero-order chi connectivity index (χ0) is 32.7. The molecular formula is C49H34. The van der Waals surface area contributed by atoms with Gasteiger partial charge < -0.3 is 0 Å². The van der Waals surface area contributed by atoms with Crippen molar-refractivity contribution in [1.29, 1.82) is 0 Å². The third-order valence-corrected chi connectivity index (χ3v) is 11.0. The summed E-state index contributed by atoms with van der Waals surface area (Å²) in [5.74, 6) is 0. The second-order valence-electron chi connectivity index (χ2n) is 14.0. The highest BCUT2D eigenvalue weighted by molar-refractivity contribution is 6.22. The smallest absolute Gasteiger partial charge is 0.0165 e. The molecule has 0 aromatic heterocycles. The molecule has 0 amide bonds. The van der Waals surface area contributed by atoms with Gasteiger partial charge in [-0.15, -0.1) is 0 Å². The molecule has 0 N–H and O–H groups in total. The molecule has 0 bridgehead atoms. The van der Waals surface area contributed by atoms with Crippen molar-refractivity contribution >= 4 is 43.1 Å². The highest BCUT2D eigenvalue weighted by Crippen LogP contribution is 2.53. The Morgan fingerprint density at radius 3 is 1.57 bits per heavy atom. The summed E-state index contributed by atoms with van der Waals surface area (Å²) in [5, 5.41) is 10.3. The Kier molecular flexibility index (Phi) is 6.02. The normalized spacial score (nSPS) is 13.3. The van der Waals surface area contributed by atoms with Crippen molar-refractivity contribution in [2.24, 2.45) is 0 Å². The van der Waals surface area contributed by atoms with Crippen LogP contribution in [-0.2, 0) is 5.41 Å². The largest absolute Gasteiger partial charge is 0.0616 e. The topological polar surface area (TPSA) is 0 Å². The molecule has 1 aliphatic carbocycles. The molecule has 0 saturated heterocycles. The molecule has 9 aromatic rings. The Balaban J connectivity index is 1.24. The summed E-state index contributed by atoms with van der Waals surface area (Å²) < 4.78 is 0. The first kappa shape index (κ1) is 28.1. The van der Waals surface area contributed by atoms with Crippen LogP contribution < -0.4 is 0 Å². The predicted molar refractivity (Wildman–Crippen MR) is 210 cm³/mol. The molecule has 0 saturated carbocycles. The summed E-state index contributed by atoms with van der Waals surface area (Å²) in [6, 6.07) is 63.1. The lowest BCUT2D eigenvalue weighted by molar-refractivity contribution is 0.666. The lowest BCUT2D eigenvalue weighted by Gasteiger charge is -2.23. The van der Waals surface area contributed by atoms with Crippen LogP contribution in [0.25, 0.3) is 87.6 Å². The van der Waals surface area contributed by atoms with Crippen LogP contribution in [-0.4, -0.2) is 0 Å². The van der Waals surface area contributed by atoms with E-state index in [9.17, 15) is 0 Å². The fourth-order valence-corrected chi connectivity index (χ4v) is 8.81. The van der Waals surface area contributed by atoms with Gasteiger partial charge in [0.25, 0.3) is 0 Å². The van der Waals surface area contributed by atoms with Crippen molar-refractivity contribution in [1.82, 2.24) is 0 Å². The molecule has 0 atom stereocenters. The molecule has 230 valence electrons. The average Bonchev–Trinajstić information content (AvgIpc) is 3.39. The Bertz CT molecular complexity index is 2740. The van der Waals surface area contributed by atoms with Gasteiger partial charge in [0.15, 0.2) is 0 Å². The quantitative estimate of drug-likeness (QED) is 0.172. The zero-order valence-corrected chi connectivity index (χ0v) is 27.7. The predicted octanol–water partition coefficient (Wildman–Crippen LogP) is 13.6. The van der Waals surface area contributed by atoms with Gasteiger partial charge in [0.2, 0.25) is 0 Å². The lowest BCUT2D eigenvalue weighted by Crippen LogP contribution is -2.15. The van der Waals surface area contributed by atoms with Gasteiger partial charge in [0, 0.05) is 5.41 Å². The minimum Gasteiger partial charge on any atom is -0.0616 e. The molecular weight excluding hydrogens is 589 g/mol. The maximum atomic E-state index is 2.47. The molecule has 0 unspecified atom stereocenters. The summed E-state index contributed by atoms with van der Waals surface area (Å²) in [7, 11) is 0. The van der Waals surface area contributed by atoms with Crippen LogP contribution in [0, 0.1) is 0 Å². The monoisotopic (exact) mass is 622 g/mol. The van der Waals surface area contributed by atoms with E-state index in [1.165, 1.54) is 98.7 Å². The van der Waals surface area contributed by atoms with Crippen LogP contribution >= 0.6 is 0 Å². The van der Waals surface area contributed by atoms with E-state index >= 15 is 0 Å². The van der Waals surface area contributed by atoms with Crippen molar-refractivity contribution in [3.8, 4) is 44.5 Å². The molecule has 0 heteroatoms. The van der Waals surface area contributed by atoms with Crippen LogP contribution in [0.2, 0.25) is 0 Å². The number of benzene rings is 9. The maximum absolute atomic E-state index is 2.47. The van der Waals surface area contributed by atoms with E-state index in [1.54, 1.807) is 0 Å². The van der Waals surface area contributed by atoms with Gasteiger partial charge in [0.05, 0.1) is 0 Å². The van der Waals surface area contributed by atoms with Crippen molar-refractivity contribution < 1.29 is 0 Å². The van der Waals surface area contributed by atoms with Crippen LogP contribution in [0.1, 0.15) is 25.0 Å². The average molecular weight is 623 g/mol. The van der Waals surface area contributed by atoms with Gasteiger partial charge in [0.1, 0.15) is 0 Å². The second-order valence-corrected chi connectivity index (χ2v) is 14.0. The summed E-state index contributed by atoms with van der Waals surface area (Å²) in [5.41, 5.74) is 13.1. The first-order valence-electron chi connectivity index (χ1n) is 17.3. The summed E-state index contributed by atoms with van der Waals surface area (Å²) in [6.07, 6.45) is 0. The van der Waals surface area contributed by atoms with Crippen LogP contribution in [0.3, 0.4) is 0 Å². The number of rotatable bonds is 3. The Morgan fingerprint density at radius 1 is 0.327 bits per heavy atom.